The van der Waals surface area contributed by atoms with Gasteiger partial charge in [-0.3, -0.25) is 9.69 Å². The molecule has 37 heavy (non-hydrogen) atoms. The van der Waals surface area contributed by atoms with Gasteiger partial charge in [-0.15, -0.1) is 0 Å². The summed E-state index contributed by atoms with van der Waals surface area (Å²) in [6.45, 7) is 5.09. The first-order valence-corrected chi connectivity index (χ1v) is 13.3. The van der Waals surface area contributed by atoms with Gasteiger partial charge in [0.15, 0.2) is 0 Å². The fourth-order valence-electron chi connectivity index (χ4n) is 5.47. The number of aryl methyl sites for hydroxylation is 1. The van der Waals surface area contributed by atoms with E-state index in [9.17, 15) is 4.79 Å². The molecule has 3 aliphatic heterocycles. The maximum absolute atomic E-state index is 12.9. The number of fused-ring (bicyclic) bond motifs is 2. The van der Waals surface area contributed by atoms with E-state index >= 15 is 0 Å². The molecule has 0 spiro atoms. The number of hydrogen-bond donors (Lipinski definition) is 1. The average molecular weight is 500 g/mol. The summed E-state index contributed by atoms with van der Waals surface area (Å²) in [6, 6.07) is 12.4. The lowest BCUT2D eigenvalue weighted by Crippen LogP contribution is -2.25. The summed E-state index contributed by atoms with van der Waals surface area (Å²) >= 11 is 0. The molecule has 0 radical (unpaired) electrons. The molecule has 1 N–H and O–H groups in total. The van der Waals surface area contributed by atoms with Crippen molar-refractivity contribution in [3.63, 3.8) is 0 Å². The lowest BCUT2D eigenvalue weighted by atomic mass is 10.0. The summed E-state index contributed by atoms with van der Waals surface area (Å²) in [6.07, 6.45) is 10.5. The Kier molecular flexibility index (Phi) is 7.01. The Bertz CT molecular complexity index is 1300. The highest BCUT2D eigenvalue weighted by Gasteiger charge is 2.24. The molecule has 192 valence electrons. The van der Waals surface area contributed by atoms with Gasteiger partial charge in [0.2, 0.25) is 5.91 Å². The second kappa shape index (κ2) is 10.9. The number of amides is 1. The van der Waals surface area contributed by atoms with Crippen LogP contribution >= 0.6 is 0 Å². The van der Waals surface area contributed by atoms with Crippen molar-refractivity contribution in [3.05, 3.63) is 60.4 Å². The van der Waals surface area contributed by atoms with E-state index in [1.165, 1.54) is 24.1 Å². The van der Waals surface area contributed by atoms with Crippen LogP contribution in [0, 0.1) is 0 Å². The van der Waals surface area contributed by atoms with Crippen LogP contribution in [0.1, 0.15) is 31.2 Å². The zero-order valence-electron chi connectivity index (χ0n) is 21.1. The standard InChI is InChI=1S/C29H33N5O3/c35-28(10-6-14-33-12-3-4-13-33)32-25-17-23-24(18-27(25)37-22-11-16-36-19-22)30-20-31-29(23)34-15-5-8-21-7-1-2-9-26(21)34/h1-2,6-7,9-10,17-18,20,22H,3-5,8,11-16,19H2,(H,32,35)/b10-6+/t22-/m1/s1. The molecule has 0 bridgehead atoms. The van der Waals surface area contributed by atoms with Crippen molar-refractivity contribution in [3.8, 4) is 5.75 Å². The molecule has 6 rings (SSSR count). The number of nitrogens with zero attached hydrogens (tertiary/aromatic N) is 4. The zero-order chi connectivity index (χ0) is 25.0. The van der Waals surface area contributed by atoms with E-state index in [0.717, 1.165) is 62.2 Å². The molecule has 2 fully saturated rings. The Morgan fingerprint density at radius 2 is 2.03 bits per heavy atom. The van der Waals surface area contributed by atoms with Gasteiger partial charge in [0.1, 0.15) is 24.0 Å². The number of ether oxygens (including phenoxy) is 2. The summed E-state index contributed by atoms with van der Waals surface area (Å²) in [5.74, 6) is 1.27. The number of carbonyl (C=O) groups is 1. The Hall–Kier alpha value is -3.49. The van der Waals surface area contributed by atoms with Crippen LogP contribution < -0.4 is 15.0 Å². The van der Waals surface area contributed by atoms with Crippen molar-refractivity contribution in [1.82, 2.24) is 14.9 Å². The topological polar surface area (TPSA) is 79.8 Å². The minimum absolute atomic E-state index is 0.0471. The molecule has 0 unspecified atom stereocenters. The third kappa shape index (κ3) is 5.31. The highest BCUT2D eigenvalue weighted by atomic mass is 16.5. The third-order valence-electron chi connectivity index (χ3n) is 7.35. The van der Waals surface area contributed by atoms with Crippen molar-refractivity contribution in [2.24, 2.45) is 0 Å². The van der Waals surface area contributed by atoms with Crippen LogP contribution in [0.5, 0.6) is 5.75 Å². The second-order valence-electron chi connectivity index (χ2n) is 9.95. The van der Waals surface area contributed by atoms with Crippen molar-refractivity contribution >= 4 is 34.0 Å². The van der Waals surface area contributed by atoms with Gasteiger partial charge in [0.25, 0.3) is 0 Å². The first kappa shape index (κ1) is 23.9. The van der Waals surface area contributed by atoms with Crippen LogP contribution in [-0.4, -0.2) is 66.3 Å². The van der Waals surface area contributed by atoms with Gasteiger partial charge in [-0.1, -0.05) is 24.3 Å². The van der Waals surface area contributed by atoms with E-state index < -0.39 is 0 Å². The number of hydrogen-bond acceptors (Lipinski definition) is 7. The molecule has 1 atom stereocenters. The summed E-state index contributed by atoms with van der Waals surface area (Å²) in [7, 11) is 0. The van der Waals surface area contributed by atoms with E-state index in [1.54, 1.807) is 12.4 Å². The predicted molar refractivity (Wildman–Crippen MR) is 145 cm³/mol. The zero-order valence-corrected chi connectivity index (χ0v) is 21.1. The number of benzene rings is 2. The van der Waals surface area contributed by atoms with Crippen molar-refractivity contribution < 1.29 is 14.3 Å². The summed E-state index contributed by atoms with van der Waals surface area (Å²) in [4.78, 5) is 26.8. The minimum Gasteiger partial charge on any atom is -0.486 e. The Balaban J connectivity index is 1.33. The fraction of sp³-hybridized carbons (Fsp3) is 0.414. The largest absolute Gasteiger partial charge is 0.486 e. The number of para-hydroxylation sites is 1. The quantitative estimate of drug-likeness (QED) is 0.481. The number of anilines is 3. The van der Waals surface area contributed by atoms with Crippen molar-refractivity contribution in [2.75, 3.05) is 49.6 Å². The van der Waals surface area contributed by atoms with Gasteiger partial charge in [-0.2, -0.15) is 0 Å². The summed E-state index contributed by atoms with van der Waals surface area (Å²) in [5, 5.41) is 3.95. The average Bonchev–Trinajstić information content (AvgIpc) is 3.63. The number of nitrogens with one attached hydrogen (secondary N) is 1. The molecule has 0 aliphatic carbocycles. The molecule has 0 saturated carbocycles. The SMILES string of the molecule is O=C(/C=C/CN1CCCC1)Nc1cc2c(N3CCCc4ccccc43)ncnc2cc1O[C@@H]1CCOC1. The van der Waals surface area contributed by atoms with Gasteiger partial charge < -0.3 is 19.7 Å². The fourth-order valence-corrected chi connectivity index (χ4v) is 5.47. The van der Waals surface area contributed by atoms with Crippen molar-refractivity contribution in [1.29, 1.82) is 0 Å². The van der Waals surface area contributed by atoms with Crippen molar-refractivity contribution in [2.45, 2.75) is 38.2 Å². The monoisotopic (exact) mass is 499 g/mol. The first-order valence-electron chi connectivity index (χ1n) is 13.3. The normalized spacial score (nSPS) is 20.0. The van der Waals surface area contributed by atoms with E-state index in [1.807, 2.05) is 18.2 Å². The van der Waals surface area contributed by atoms with Gasteiger partial charge in [0, 0.05) is 42.7 Å². The molecule has 2 aromatic carbocycles. The Labute approximate surface area is 217 Å². The highest BCUT2D eigenvalue weighted by molar-refractivity contribution is 6.03. The van der Waals surface area contributed by atoms with Gasteiger partial charge in [0.05, 0.1) is 24.4 Å². The van der Waals surface area contributed by atoms with E-state index in [0.29, 0.717) is 24.7 Å². The van der Waals surface area contributed by atoms with Crippen LogP contribution in [0.2, 0.25) is 0 Å². The molecule has 8 nitrogen and oxygen atoms in total. The number of likely N-dealkylation sites (tertiary alicyclic amines) is 1. The van der Waals surface area contributed by atoms with Crippen LogP contribution in [0.4, 0.5) is 17.2 Å². The van der Waals surface area contributed by atoms with Crippen LogP contribution in [-0.2, 0) is 16.0 Å². The first-order chi connectivity index (χ1) is 18.2. The predicted octanol–water partition coefficient (Wildman–Crippen LogP) is 4.47. The second-order valence-corrected chi connectivity index (χ2v) is 9.95. The van der Waals surface area contributed by atoms with E-state index in [2.05, 4.69) is 44.4 Å². The lowest BCUT2D eigenvalue weighted by molar-refractivity contribution is -0.111. The van der Waals surface area contributed by atoms with Gasteiger partial charge in [-0.05, 0) is 56.5 Å². The molecule has 1 amide bonds. The van der Waals surface area contributed by atoms with E-state index in [-0.39, 0.29) is 12.0 Å². The molecule has 3 aromatic rings. The molecule has 2 saturated heterocycles. The number of carbonyl (C=O) groups excluding carboxylic acids is 1. The number of aromatic nitrogens is 2. The highest BCUT2D eigenvalue weighted by Crippen LogP contribution is 2.39. The molecular formula is C29H33N5O3. The minimum atomic E-state index is -0.173. The van der Waals surface area contributed by atoms with Crippen LogP contribution in [0.25, 0.3) is 10.9 Å². The van der Waals surface area contributed by atoms with E-state index in [4.69, 9.17) is 14.5 Å². The van der Waals surface area contributed by atoms with Gasteiger partial charge >= 0.3 is 0 Å². The molecule has 4 heterocycles. The lowest BCUT2D eigenvalue weighted by Gasteiger charge is -2.31. The maximum Gasteiger partial charge on any atom is 0.248 e. The molecule has 3 aliphatic rings. The maximum atomic E-state index is 12.9. The smallest absolute Gasteiger partial charge is 0.248 e. The molecular weight excluding hydrogens is 466 g/mol. The summed E-state index contributed by atoms with van der Waals surface area (Å²) < 4.78 is 11.8. The Morgan fingerprint density at radius 1 is 1.14 bits per heavy atom. The summed E-state index contributed by atoms with van der Waals surface area (Å²) in [5.41, 5.74) is 3.90. The third-order valence-corrected chi connectivity index (χ3v) is 7.35. The van der Waals surface area contributed by atoms with Crippen LogP contribution in [0.15, 0.2) is 54.9 Å². The van der Waals surface area contributed by atoms with Crippen LogP contribution in [0.3, 0.4) is 0 Å². The van der Waals surface area contributed by atoms with Gasteiger partial charge in [-0.25, -0.2) is 9.97 Å². The molecule has 8 heteroatoms. The molecule has 1 aromatic heterocycles. The number of rotatable bonds is 7. The Morgan fingerprint density at radius 3 is 2.89 bits per heavy atom.